The molecule has 0 nitrogen and oxygen atoms in total. The van der Waals surface area contributed by atoms with E-state index in [1.54, 1.807) is 0 Å². The molecule has 0 radical (unpaired) electrons. The van der Waals surface area contributed by atoms with E-state index in [2.05, 4.69) is 123 Å². The number of aryl methyl sites for hydroxylation is 4. The van der Waals surface area contributed by atoms with Crippen molar-refractivity contribution in [3.05, 3.63) is 130 Å². The second-order valence-corrected chi connectivity index (χ2v) is 8.71. The van der Waals surface area contributed by atoms with Crippen LogP contribution in [-0.2, 0) is 12.8 Å². The second-order valence-electron chi connectivity index (χ2n) is 8.71. The van der Waals surface area contributed by atoms with E-state index in [9.17, 15) is 0 Å². The lowest BCUT2D eigenvalue weighted by Gasteiger charge is -2.15. The van der Waals surface area contributed by atoms with Crippen LogP contribution in [0.4, 0.5) is 0 Å². The van der Waals surface area contributed by atoms with Crippen LogP contribution < -0.4 is 0 Å². The SMILES string of the molecule is Cc1ccc(/C=C/c2c3ccccc3c(CCc3ccc(C)cc3)c3ccccc23)cc1. The van der Waals surface area contributed by atoms with Gasteiger partial charge in [0, 0.05) is 0 Å². The van der Waals surface area contributed by atoms with E-state index in [4.69, 9.17) is 0 Å². The molecule has 0 aliphatic heterocycles. The van der Waals surface area contributed by atoms with Gasteiger partial charge in [0.15, 0.2) is 0 Å². The summed E-state index contributed by atoms with van der Waals surface area (Å²) in [4.78, 5) is 0. The van der Waals surface area contributed by atoms with Crippen molar-refractivity contribution in [2.75, 3.05) is 0 Å². The summed E-state index contributed by atoms with van der Waals surface area (Å²) in [6, 6.07) is 35.4. The molecule has 5 aromatic rings. The van der Waals surface area contributed by atoms with Gasteiger partial charge in [-0.15, -0.1) is 0 Å². The maximum absolute atomic E-state index is 2.29. The second kappa shape index (κ2) is 8.85. The molecule has 0 N–H and O–H groups in total. The molecule has 32 heavy (non-hydrogen) atoms. The van der Waals surface area contributed by atoms with Crippen LogP contribution in [0.2, 0.25) is 0 Å². The van der Waals surface area contributed by atoms with E-state index < -0.39 is 0 Å². The summed E-state index contributed by atoms with van der Waals surface area (Å²) in [6.45, 7) is 4.28. The van der Waals surface area contributed by atoms with Gasteiger partial charge in [-0.2, -0.15) is 0 Å². The van der Waals surface area contributed by atoms with Gasteiger partial charge in [-0.3, -0.25) is 0 Å². The topological polar surface area (TPSA) is 0 Å². The van der Waals surface area contributed by atoms with Gasteiger partial charge in [-0.25, -0.2) is 0 Å². The lowest BCUT2D eigenvalue weighted by molar-refractivity contribution is 0.976. The van der Waals surface area contributed by atoms with Crippen molar-refractivity contribution in [1.82, 2.24) is 0 Å². The molecule has 0 fully saturated rings. The molecule has 0 amide bonds. The van der Waals surface area contributed by atoms with Gasteiger partial charge in [0.05, 0.1) is 0 Å². The molecule has 5 aromatic carbocycles. The average molecular weight is 413 g/mol. The van der Waals surface area contributed by atoms with Crippen LogP contribution in [0.1, 0.15) is 33.4 Å². The predicted molar refractivity (Wildman–Crippen MR) is 140 cm³/mol. The third-order valence-electron chi connectivity index (χ3n) is 6.39. The minimum absolute atomic E-state index is 1.03. The molecule has 0 spiro atoms. The molecule has 5 rings (SSSR count). The van der Waals surface area contributed by atoms with E-state index in [0.29, 0.717) is 0 Å². The van der Waals surface area contributed by atoms with Crippen molar-refractivity contribution in [1.29, 1.82) is 0 Å². The van der Waals surface area contributed by atoms with Crippen LogP contribution in [0, 0.1) is 13.8 Å². The third-order valence-corrected chi connectivity index (χ3v) is 6.39. The summed E-state index contributed by atoms with van der Waals surface area (Å²) in [5, 5.41) is 5.38. The zero-order valence-corrected chi connectivity index (χ0v) is 18.8. The number of benzene rings is 5. The molecule has 0 saturated carbocycles. The first-order valence-corrected chi connectivity index (χ1v) is 11.4. The summed E-state index contributed by atoms with van der Waals surface area (Å²) in [5.41, 5.74) is 7.98. The normalized spacial score (nSPS) is 11.6. The van der Waals surface area contributed by atoms with Gasteiger partial charge in [0.1, 0.15) is 0 Å². The Morgan fingerprint density at radius 2 is 1.00 bits per heavy atom. The van der Waals surface area contributed by atoms with Crippen molar-refractivity contribution in [3.8, 4) is 0 Å². The van der Waals surface area contributed by atoms with Gasteiger partial charge < -0.3 is 0 Å². The van der Waals surface area contributed by atoms with Crippen molar-refractivity contribution in [3.63, 3.8) is 0 Å². The lowest BCUT2D eigenvalue weighted by Crippen LogP contribution is -1.96. The standard InChI is InChI=1S/C32H28/c1-23-11-15-25(16-12-23)19-21-31-27-7-3-5-9-29(27)32(30-10-6-4-8-28(30)31)22-20-26-17-13-24(2)14-18-26/h3-19,21H,20,22H2,1-2H3/b21-19+. The fraction of sp³-hybridized carbons (Fsp3) is 0.125. The summed E-state index contributed by atoms with van der Waals surface area (Å²) in [5.74, 6) is 0. The molecular formula is C32H28. The minimum atomic E-state index is 1.03. The summed E-state index contributed by atoms with van der Waals surface area (Å²) >= 11 is 0. The molecule has 0 heteroatoms. The Morgan fingerprint density at radius 3 is 1.56 bits per heavy atom. The van der Waals surface area contributed by atoms with Crippen LogP contribution >= 0.6 is 0 Å². The maximum Gasteiger partial charge on any atom is -0.00990 e. The Bertz CT molecular complexity index is 1340. The Labute approximate surface area is 190 Å². The first-order chi connectivity index (χ1) is 15.7. The number of hydrogen-bond acceptors (Lipinski definition) is 0. The first-order valence-electron chi connectivity index (χ1n) is 11.4. The Hall–Kier alpha value is -3.64. The number of rotatable bonds is 5. The minimum Gasteiger partial charge on any atom is -0.0616 e. The van der Waals surface area contributed by atoms with E-state index in [1.165, 1.54) is 54.9 Å². The fourth-order valence-electron chi connectivity index (χ4n) is 4.58. The van der Waals surface area contributed by atoms with Crippen LogP contribution in [0.25, 0.3) is 33.7 Å². The number of fused-ring (bicyclic) bond motifs is 2. The third kappa shape index (κ3) is 4.09. The van der Waals surface area contributed by atoms with Crippen molar-refractivity contribution < 1.29 is 0 Å². The largest absolute Gasteiger partial charge is 0.0616 e. The molecule has 0 atom stereocenters. The smallest absolute Gasteiger partial charge is 0.00990 e. The predicted octanol–water partition coefficient (Wildman–Crippen LogP) is 8.57. The van der Waals surface area contributed by atoms with Crippen LogP contribution in [0.5, 0.6) is 0 Å². The van der Waals surface area contributed by atoms with Gasteiger partial charge in [-0.1, -0.05) is 120 Å². The van der Waals surface area contributed by atoms with E-state index in [0.717, 1.165) is 12.8 Å². The molecule has 0 saturated heterocycles. The fourth-order valence-corrected chi connectivity index (χ4v) is 4.58. The molecule has 0 aliphatic carbocycles. The monoisotopic (exact) mass is 412 g/mol. The Morgan fingerprint density at radius 1 is 0.500 bits per heavy atom. The highest BCUT2D eigenvalue weighted by molar-refractivity contribution is 6.10. The highest BCUT2D eigenvalue weighted by Crippen LogP contribution is 2.35. The summed E-state index contributed by atoms with van der Waals surface area (Å²) < 4.78 is 0. The van der Waals surface area contributed by atoms with Crippen LogP contribution in [0.15, 0.2) is 97.1 Å². The summed E-state index contributed by atoms with van der Waals surface area (Å²) in [7, 11) is 0. The van der Waals surface area contributed by atoms with E-state index >= 15 is 0 Å². The average Bonchev–Trinajstić information content (AvgIpc) is 2.83. The number of hydrogen-bond donors (Lipinski definition) is 0. The van der Waals surface area contributed by atoms with Gasteiger partial charge in [0.25, 0.3) is 0 Å². The lowest BCUT2D eigenvalue weighted by atomic mass is 9.88. The van der Waals surface area contributed by atoms with Crippen molar-refractivity contribution >= 4 is 33.7 Å². The van der Waals surface area contributed by atoms with E-state index in [-0.39, 0.29) is 0 Å². The zero-order chi connectivity index (χ0) is 21.9. The molecule has 0 unspecified atom stereocenters. The zero-order valence-electron chi connectivity index (χ0n) is 18.8. The molecular weight excluding hydrogens is 384 g/mol. The Balaban J connectivity index is 1.63. The summed E-state index contributed by atoms with van der Waals surface area (Å²) in [6.07, 6.45) is 6.61. The molecule has 0 aliphatic rings. The van der Waals surface area contributed by atoms with Crippen LogP contribution in [0.3, 0.4) is 0 Å². The first kappa shape index (κ1) is 20.3. The van der Waals surface area contributed by atoms with Crippen LogP contribution in [-0.4, -0.2) is 0 Å². The van der Waals surface area contributed by atoms with Crippen molar-refractivity contribution in [2.45, 2.75) is 26.7 Å². The molecule has 0 aromatic heterocycles. The van der Waals surface area contributed by atoms with Crippen molar-refractivity contribution in [2.24, 2.45) is 0 Å². The van der Waals surface area contributed by atoms with Gasteiger partial charge in [-0.05, 0) is 70.5 Å². The maximum atomic E-state index is 2.29. The molecule has 0 heterocycles. The highest BCUT2D eigenvalue weighted by atomic mass is 14.2. The Kier molecular flexibility index (Phi) is 5.60. The molecule has 0 bridgehead atoms. The van der Waals surface area contributed by atoms with Gasteiger partial charge >= 0.3 is 0 Å². The molecule has 156 valence electrons. The van der Waals surface area contributed by atoms with Gasteiger partial charge in [0.2, 0.25) is 0 Å². The van der Waals surface area contributed by atoms with E-state index in [1.807, 2.05) is 0 Å². The highest BCUT2D eigenvalue weighted by Gasteiger charge is 2.12. The quantitative estimate of drug-likeness (QED) is 0.200.